The van der Waals surface area contributed by atoms with Gasteiger partial charge in [0.1, 0.15) is 0 Å². The van der Waals surface area contributed by atoms with Crippen molar-refractivity contribution in [1.82, 2.24) is 0 Å². The van der Waals surface area contributed by atoms with E-state index in [1.807, 2.05) is 24.3 Å². The molecular weight excluding hydrogens is 206 g/mol. The zero-order valence-electron chi connectivity index (χ0n) is 8.81. The van der Waals surface area contributed by atoms with Gasteiger partial charge in [-0.15, -0.1) is 11.8 Å². The quantitative estimate of drug-likeness (QED) is 0.613. The monoisotopic (exact) mass is 221 g/mol. The number of hydrogen-bond acceptors (Lipinski definition) is 3. The normalized spacial score (nSPS) is 12.1. The van der Waals surface area contributed by atoms with Gasteiger partial charge >= 0.3 is 0 Å². The van der Waals surface area contributed by atoms with Crippen molar-refractivity contribution in [2.45, 2.75) is 30.8 Å². The van der Waals surface area contributed by atoms with E-state index in [-0.39, 0.29) is 0 Å². The second kappa shape index (κ2) is 6.49. The molecule has 0 fully saturated rings. The number of aliphatic hydroxyl groups excluding tert-OH is 1. The van der Waals surface area contributed by atoms with Gasteiger partial charge in [0.05, 0.1) is 12.2 Å². The molecule has 1 unspecified atom stereocenters. The molecule has 0 aliphatic heterocycles. The van der Waals surface area contributed by atoms with Crippen molar-refractivity contribution < 1.29 is 5.11 Å². The van der Waals surface area contributed by atoms with E-state index in [0.717, 1.165) is 17.7 Å². The molecular formula is C12H15NOS. The third-order valence-electron chi connectivity index (χ3n) is 2.06. The van der Waals surface area contributed by atoms with Crippen molar-refractivity contribution in [2.75, 3.05) is 5.75 Å². The third kappa shape index (κ3) is 4.37. The third-order valence-corrected chi connectivity index (χ3v) is 3.16. The minimum Gasteiger partial charge on any atom is -0.389 e. The summed E-state index contributed by atoms with van der Waals surface area (Å²) in [6, 6.07) is 10.0. The van der Waals surface area contributed by atoms with Crippen LogP contribution in [0, 0.1) is 11.3 Å². The van der Waals surface area contributed by atoms with E-state index >= 15 is 0 Å². The van der Waals surface area contributed by atoms with Gasteiger partial charge in [-0.2, -0.15) is 5.26 Å². The maximum Gasteiger partial charge on any atom is 0.0761 e. The highest BCUT2D eigenvalue weighted by Gasteiger charge is 2.00. The Morgan fingerprint density at radius 2 is 2.07 bits per heavy atom. The molecule has 0 spiro atoms. The number of aliphatic hydroxyl groups is 1. The summed E-state index contributed by atoms with van der Waals surface area (Å²) in [5, 5.41) is 17.7. The molecule has 1 atom stereocenters. The fourth-order valence-corrected chi connectivity index (χ4v) is 2.04. The van der Waals surface area contributed by atoms with Crippen LogP contribution in [0.25, 0.3) is 0 Å². The van der Waals surface area contributed by atoms with Crippen LogP contribution >= 0.6 is 11.8 Å². The van der Waals surface area contributed by atoms with Crippen LogP contribution in [0.4, 0.5) is 0 Å². The Balaban J connectivity index is 2.40. The molecule has 3 heteroatoms. The molecule has 0 aromatic heterocycles. The first-order valence-corrected chi connectivity index (χ1v) is 6.00. The molecule has 0 bridgehead atoms. The van der Waals surface area contributed by atoms with Crippen LogP contribution in [-0.2, 0) is 0 Å². The zero-order valence-corrected chi connectivity index (χ0v) is 9.63. The lowest BCUT2D eigenvalue weighted by molar-refractivity contribution is 0.199. The molecule has 0 amide bonds. The van der Waals surface area contributed by atoms with Gasteiger partial charge in [0.2, 0.25) is 0 Å². The van der Waals surface area contributed by atoms with Gasteiger partial charge in [0.25, 0.3) is 0 Å². The second-order valence-electron chi connectivity index (χ2n) is 3.36. The Hall–Kier alpha value is -0.980. The zero-order chi connectivity index (χ0) is 11.1. The molecule has 0 heterocycles. The first kappa shape index (κ1) is 12.1. The van der Waals surface area contributed by atoms with Gasteiger partial charge in [-0.05, 0) is 36.8 Å². The van der Waals surface area contributed by atoms with E-state index in [0.29, 0.717) is 6.42 Å². The first-order chi connectivity index (χ1) is 7.24. The van der Waals surface area contributed by atoms with Crippen molar-refractivity contribution in [3.05, 3.63) is 29.8 Å². The van der Waals surface area contributed by atoms with Crippen LogP contribution in [0.3, 0.4) is 0 Å². The number of nitrogens with zero attached hydrogens (tertiary/aromatic N) is 1. The topological polar surface area (TPSA) is 44.0 Å². The van der Waals surface area contributed by atoms with Crippen LogP contribution in [0.2, 0.25) is 0 Å². The molecule has 1 rings (SSSR count). The van der Waals surface area contributed by atoms with Gasteiger partial charge in [0, 0.05) is 11.3 Å². The van der Waals surface area contributed by atoms with Crippen LogP contribution in [0.5, 0.6) is 0 Å². The Labute approximate surface area is 94.9 Å². The fraction of sp³-hybridized carbons (Fsp3) is 0.417. The summed E-state index contributed by atoms with van der Waals surface area (Å²) in [4.78, 5) is 1.19. The van der Waals surface area contributed by atoms with E-state index in [1.165, 1.54) is 4.90 Å². The molecule has 0 saturated carbocycles. The summed E-state index contributed by atoms with van der Waals surface area (Å²) in [5.41, 5.74) is 0.941. The Morgan fingerprint density at radius 3 is 2.60 bits per heavy atom. The molecule has 1 N–H and O–H groups in total. The molecule has 0 aliphatic rings. The maximum atomic E-state index is 9.32. The average Bonchev–Trinajstić information content (AvgIpc) is 2.25. The van der Waals surface area contributed by atoms with Gasteiger partial charge < -0.3 is 5.11 Å². The summed E-state index contributed by atoms with van der Waals surface area (Å²) in [6.07, 6.45) is 1.15. The Bertz CT molecular complexity index is 326. The number of hydrogen-bond donors (Lipinski definition) is 1. The Morgan fingerprint density at radius 1 is 1.40 bits per heavy atom. The predicted octanol–water partition coefficient (Wildman–Crippen LogP) is 3.14. The van der Waals surface area contributed by atoms with Crippen molar-refractivity contribution in [3.8, 4) is 6.07 Å². The minimum absolute atomic E-state index is 0.400. The molecule has 0 saturated heterocycles. The van der Waals surface area contributed by atoms with E-state index in [4.69, 9.17) is 5.26 Å². The van der Waals surface area contributed by atoms with E-state index in [2.05, 4.69) is 6.07 Å². The van der Waals surface area contributed by atoms with E-state index in [1.54, 1.807) is 18.7 Å². The molecule has 1 aromatic carbocycles. The highest BCUT2D eigenvalue weighted by Crippen LogP contribution is 2.21. The molecule has 80 valence electrons. The predicted molar refractivity (Wildman–Crippen MR) is 62.6 cm³/mol. The number of rotatable bonds is 5. The van der Waals surface area contributed by atoms with Gasteiger partial charge in [-0.25, -0.2) is 0 Å². The van der Waals surface area contributed by atoms with Crippen LogP contribution < -0.4 is 0 Å². The lowest BCUT2D eigenvalue weighted by Crippen LogP contribution is -1.89. The summed E-state index contributed by atoms with van der Waals surface area (Å²) >= 11 is 1.75. The lowest BCUT2D eigenvalue weighted by atomic mass is 10.1. The highest BCUT2D eigenvalue weighted by molar-refractivity contribution is 7.99. The number of unbranched alkanes of at least 4 members (excludes halogenated alkanes) is 1. The Kier molecular flexibility index (Phi) is 5.23. The fourth-order valence-electron chi connectivity index (χ4n) is 1.18. The van der Waals surface area contributed by atoms with Crippen molar-refractivity contribution in [2.24, 2.45) is 0 Å². The van der Waals surface area contributed by atoms with Crippen molar-refractivity contribution >= 4 is 11.8 Å². The van der Waals surface area contributed by atoms with Gasteiger partial charge in [0.15, 0.2) is 0 Å². The molecule has 2 nitrogen and oxygen atoms in total. The van der Waals surface area contributed by atoms with Crippen molar-refractivity contribution in [1.29, 1.82) is 5.26 Å². The SMILES string of the molecule is CC(O)c1ccc(SCCCC#N)cc1. The van der Waals surface area contributed by atoms with Crippen LogP contribution in [0.1, 0.15) is 31.4 Å². The summed E-state index contributed by atoms with van der Waals surface area (Å²) in [6.45, 7) is 1.76. The standard InChI is InChI=1S/C12H15NOS/c1-10(14)11-4-6-12(7-5-11)15-9-3-2-8-13/h4-7,10,14H,2-3,9H2,1H3. The summed E-state index contributed by atoms with van der Waals surface area (Å²) in [7, 11) is 0. The van der Waals surface area contributed by atoms with Crippen molar-refractivity contribution in [3.63, 3.8) is 0 Å². The van der Waals surface area contributed by atoms with Gasteiger partial charge in [-0.3, -0.25) is 0 Å². The second-order valence-corrected chi connectivity index (χ2v) is 4.52. The number of nitriles is 1. The smallest absolute Gasteiger partial charge is 0.0761 e. The lowest BCUT2D eigenvalue weighted by Gasteiger charge is -2.05. The van der Waals surface area contributed by atoms with E-state index in [9.17, 15) is 5.11 Å². The molecule has 15 heavy (non-hydrogen) atoms. The minimum atomic E-state index is -0.400. The van der Waals surface area contributed by atoms with Crippen LogP contribution in [0.15, 0.2) is 29.2 Å². The number of benzene rings is 1. The molecule has 0 radical (unpaired) electrons. The van der Waals surface area contributed by atoms with Crippen LogP contribution in [-0.4, -0.2) is 10.9 Å². The van der Waals surface area contributed by atoms with Gasteiger partial charge in [-0.1, -0.05) is 12.1 Å². The highest BCUT2D eigenvalue weighted by atomic mass is 32.2. The molecule has 0 aliphatic carbocycles. The summed E-state index contributed by atoms with van der Waals surface area (Å²) < 4.78 is 0. The molecule has 1 aromatic rings. The summed E-state index contributed by atoms with van der Waals surface area (Å²) in [5.74, 6) is 0.974. The largest absolute Gasteiger partial charge is 0.389 e. The average molecular weight is 221 g/mol. The van der Waals surface area contributed by atoms with E-state index < -0.39 is 6.10 Å². The first-order valence-electron chi connectivity index (χ1n) is 5.02. The number of thioether (sulfide) groups is 1. The maximum absolute atomic E-state index is 9.32.